The van der Waals surface area contributed by atoms with Gasteiger partial charge in [0.15, 0.2) is 11.6 Å². The van der Waals surface area contributed by atoms with Gasteiger partial charge in [-0.25, -0.2) is 14.4 Å². The minimum atomic E-state index is -0.628. The molecule has 0 radical (unpaired) electrons. The molecule has 160 valence electrons. The number of hydrogen-bond acceptors (Lipinski definition) is 5. The molecule has 0 saturated heterocycles. The number of primary amides is 1. The van der Waals surface area contributed by atoms with Crippen LogP contribution in [0.3, 0.4) is 0 Å². The van der Waals surface area contributed by atoms with Gasteiger partial charge in [0.2, 0.25) is 0 Å². The van der Waals surface area contributed by atoms with Crippen molar-refractivity contribution in [2.45, 2.75) is 13.3 Å². The molecule has 7 nitrogen and oxygen atoms in total. The summed E-state index contributed by atoms with van der Waals surface area (Å²) in [6.45, 7) is 3.32. The lowest BCUT2D eigenvalue weighted by Gasteiger charge is -2.14. The van der Waals surface area contributed by atoms with E-state index < -0.39 is 5.91 Å². The molecule has 1 aliphatic heterocycles. The number of halogens is 1. The number of pyridine rings is 1. The summed E-state index contributed by atoms with van der Waals surface area (Å²) in [4.78, 5) is 25.9. The summed E-state index contributed by atoms with van der Waals surface area (Å²) in [7, 11) is 0. The number of nitrogens with zero attached hydrogens (tertiary/aromatic N) is 4. The standard InChI is InChI=1S/C24H21FN6O/c1-14-21(22(26)32)24(30-23(29-14)19-4-2-3-9-28-19)31-13-18(15-7-10-27-11-8-15)17-12-16(25)5-6-20(17)31/h2-7,9,12-13,27H,8,10-11H2,1H3,(H2,26,32). The number of nitrogens with one attached hydrogen (secondary N) is 1. The van der Waals surface area contributed by atoms with Gasteiger partial charge in [-0.2, -0.15) is 0 Å². The first-order chi connectivity index (χ1) is 15.5. The third kappa shape index (κ3) is 3.44. The van der Waals surface area contributed by atoms with Crippen LogP contribution in [0.15, 0.2) is 54.9 Å². The smallest absolute Gasteiger partial charge is 0.254 e. The van der Waals surface area contributed by atoms with E-state index >= 15 is 0 Å². The number of rotatable bonds is 4. The minimum Gasteiger partial charge on any atom is -0.365 e. The van der Waals surface area contributed by atoms with Crippen LogP contribution in [-0.4, -0.2) is 38.5 Å². The summed E-state index contributed by atoms with van der Waals surface area (Å²) in [5.41, 5.74) is 9.74. The first-order valence-electron chi connectivity index (χ1n) is 10.3. The van der Waals surface area contributed by atoms with E-state index in [0.29, 0.717) is 23.0 Å². The van der Waals surface area contributed by atoms with Gasteiger partial charge < -0.3 is 11.1 Å². The predicted molar refractivity (Wildman–Crippen MR) is 121 cm³/mol. The van der Waals surface area contributed by atoms with Crippen molar-refractivity contribution in [3.63, 3.8) is 0 Å². The molecule has 0 fully saturated rings. The number of fused-ring (bicyclic) bond motifs is 1. The van der Waals surface area contributed by atoms with E-state index in [0.717, 1.165) is 41.5 Å². The van der Waals surface area contributed by atoms with Crippen molar-refractivity contribution in [2.24, 2.45) is 5.73 Å². The first kappa shape index (κ1) is 20.0. The number of benzene rings is 1. The van der Waals surface area contributed by atoms with Crippen LogP contribution in [0.4, 0.5) is 4.39 Å². The van der Waals surface area contributed by atoms with E-state index in [-0.39, 0.29) is 11.4 Å². The predicted octanol–water partition coefficient (Wildman–Crippen LogP) is 3.41. The number of aromatic nitrogens is 4. The molecule has 8 heteroatoms. The lowest BCUT2D eigenvalue weighted by Crippen LogP contribution is -2.20. The zero-order valence-corrected chi connectivity index (χ0v) is 17.5. The maximum absolute atomic E-state index is 14.2. The van der Waals surface area contributed by atoms with Crippen molar-refractivity contribution in [2.75, 3.05) is 13.1 Å². The number of carbonyl (C=O) groups excluding carboxylic acids is 1. The van der Waals surface area contributed by atoms with Gasteiger partial charge in [0.1, 0.15) is 17.1 Å². The summed E-state index contributed by atoms with van der Waals surface area (Å²) in [5.74, 6) is -0.219. The van der Waals surface area contributed by atoms with Crippen LogP contribution in [-0.2, 0) is 0 Å². The van der Waals surface area contributed by atoms with Crippen molar-refractivity contribution in [3.05, 3.63) is 77.5 Å². The van der Waals surface area contributed by atoms with E-state index in [9.17, 15) is 9.18 Å². The number of nitrogens with two attached hydrogens (primary N) is 1. The highest BCUT2D eigenvalue weighted by Gasteiger charge is 2.23. The van der Waals surface area contributed by atoms with Crippen molar-refractivity contribution in [1.82, 2.24) is 24.8 Å². The molecule has 5 rings (SSSR count). The van der Waals surface area contributed by atoms with Gasteiger partial charge in [0.25, 0.3) is 5.91 Å². The lowest BCUT2D eigenvalue weighted by atomic mass is 10.00. The van der Waals surface area contributed by atoms with E-state index in [4.69, 9.17) is 5.73 Å². The maximum atomic E-state index is 14.2. The summed E-state index contributed by atoms with van der Waals surface area (Å²) >= 11 is 0. The summed E-state index contributed by atoms with van der Waals surface area (Å²) < 4.78 is 16.0. The summed E-state index contributed by atoms with van der Waals surface area (Å²) in [5, 5.41) is 4.05. The van der Waals surface area contributed by atoms with Crippen LogP contribution in [0.25, 0.3) is 33.8 Å². The molecule has 0 saturated carbocycles. The normalized spacial score (nSPS) is 13.9. The van der Waals surface area contributed by atoms with Crippen molar-refractivity contribution < 1.29 is 9.18 Å². The molecule has 4 aromatic rings. The van der Waals surface area contributed by atoms with Gasteiger partial charge in [-0.1, -0.05) is 12.1 Å². The largest absolute Gasteiger partial charge is 0.365 e. The molecule has 0 atom stereocenters. The van der Waals surface area contributed by atoms with Crippen molar-refractivity contribution in [1.29, 1.82) is 0 Å². The highest BCUT2D eigenvalue weighted by molar-refractivity contribution is 5.99. The number of aryl methyl sites for hydroxylation is 1. The Morgan fingerprint density at radius 2 is 2.09 bits per heavy atom. The SMILES string of the molecule is Cc1nc(-c2ccccn2)nc(-n2cc(C3=CCNCC3)c3cc(F)ccc32)c1C(N)=O. The molecule has 1 aliphatic rings. The molecule has 3 aromatic heterocycles. The van der Waals surface area contributed by atoms with E-state index in [1.807, 2.05) is 18.3 Å². The molecule has 0 bridgehead atoms. The Morgan fingerprint density at radius 3 is 2.81 bits per heavy atom. The first-order valence-corrected chi connectivity index (χ1v) is 10.3. The fourth-order valence-electron chi connectivity index (χ4n) is 4.13. The Kier molecular flexibility index (Phi) is 4.99. The molecule has 0 unspecified atom stereocenters. The van der Waals surface area contributed by atoms with Gasteiger partial charge in [-0.3, -0.25) is 14.3 Å². The Balaban J connectivity index is 1.81. The Bertz CT molecular complexity index is 1380. The summed E-state index contributed by atoms with van der Waals surface area (Å²) in [6.07, 6.45) is 6.48. The van der Waals surface area contributed by atoms with E-state index in [1.165, 1.54) is 12.1 Å². The highest BCUT2D eigenvalue weighted by Crippen LogP contribution is 2.33. The molecular formula is C24H21FN6O. The van der Waals surface area contributed by atoms with Crippen LogP contribution in [0, 0.1) is 12.7 Å². The average molecular weight is 428 g/mol. The van der Waals surface area contributed by atoms with E-state index in [1.54, 1.807) is 29.8 Å². The second-order valence-electron chi connectivity index (χ2n) is 7.67. The molecular weight excluding hydrogens is 407 g/mol. The Labute approximate surface area is 183 Å². The van der Waals surface area contributed by atoms with Gasteiger partial charge in [-0.05, 0) is 55.8 Å². The Morgan fingerprint density at radius 1 is 1.22 bits per heavy atom. The minimum absolute atomic E-state index is 0.219. The molecule has 1 amide bonds. The van der Waals surface area contributed by atoms with Crippen LogP contribution >= 0.6 is 0 Å². The van der Waals surface area contributed by atoms with Gasteiger partial charge in [0.05, 0.1) is 11.2 Å². The molecule has 1 aromatic carbocycles. The molecule has 3 N–H and O–H groups in total. The molecule has 0 spiro atoms. The second kappa shape index (κ2) is 7.97. The lowest BCUT2D eigenvalue weighted by molar-refractivity contribution is 0.0999. The fourth-order valence-corrected chi connectivity index (χ4v) is 4.13. The maximum Gasteiger partial charge on any atom is 0.254 e. The monoisotopic (exact) mass is 428 g/mol. The van der Waals surface area contributed by atoms with Gasteiger partial charge in [-0.15, -0.1) is 0 Å². The number of amides is 1. The molecule has 32 heavy (non-hydrogen) atoms. The number of hydrogen-bond donors (Lipinski definition) is 2. The topological polar surface area (TPSA) is 98.7 Å². The van der Waals surface area contributed by atoms with Crippen molar-refractivity contribution in [3.8, 4) is 17.3 Å². The quantitative estimate of drug-likeness (QED) is 0.519. The third-order valence-corrected chi connectivity index (χ3v) is 5.62. The van der Waals surface area contributed by atoms with Gasteiger partial charge in [0, 0.05) is 29.9 Å². The van der Waals surface area contributed by atoms with E-state index in [2.05, 4.69) is 26.3 Å². The molecule has 0 aliphatic carbocycles. The van der Waals surface area contributed by atoms with Crippen LogP contribution in [0.2, 0.25) is 0 Å². The fraction of sp³-hybridized carbons (Fsp3) is 0.167. The second-order valence-corrected chi connectivity index (χ2v) is 7.67. The third-order valence-electron chi connectivity index (χ3n) is 5.62. The number of carbonyl (C=O) groups is 1. The zero-order valence-electron chi connectivity index (χ0n) is 17.5. The average Bonchev–Trinajstić information content (AvgIpc) is 3.18. The van der Waals surface area contributed by atoms with Crippen LogP contribution in [0.5, 0.6) is 0 Å². The zero-order chi connectivity index (χ0) is 22.2. The van der Waals surface area contributed by atoms with Crippen LogP contribution < -0.4 is 11.1 Å². The van der Waals surface area contributed by atoms with Crippen LogP contribution in [0.1, 0.15) is 28.0 Å². The van der Waals surface area contributed by atoms with Gasteiger partial charge >= 0.3 is 0 Å². The summed E-state index contributed by atoms with van der Waals surface area (Å²) in [6, 6.07) is 10.1. The van der Waals surface area contributed by atoms with Crippen molar-refractivity contribution >= 4 is 22.4 Å². The molecule has 4 heterocycles. The Hall–Kier alpha value is -3.91. The highest BCUT2D eigenvalue weighted by atomic mass is 19.1.